The molecule has 3 heteroatoms. The van der Waals surface area contributed by atoms with Crippen molar-refractivity contribution in [1.29, 1.82) is 0 Å². The van der Waals surface area contributed by atoms with Crippen LogP contribution in [-0.4, -0.2) is 29.7 Å². The fourth-order valence-electron chi connectivity index (χ4n) is 1.89. The van der Waals surface area contributed by atoms with Crippen LogP contribution >= 0.6 is 0 Å². The summed E-state index contributed by atoms with van der Waals surface area (Å²) in [4.78, 5) is 24.5. The molecule has 72 valence electrons. The van der Waals surface area contributed by atoms with Crippen LogP contribution in [0.25, 0.3) is 0 Å². The molecule has 1 aliphatic heterocycles. The van der Waals surface area contributed by atoms with Gasteiger partial charge in [0.15, 0.2) is 0 Å². The quantitative estimate of drug-likeness (QED) is 0.604. The summed E-state index contributed by atoms with van der Waals surface area (Å²) in [6.07, 6.45) is 4.45. The van der Waals surface area contributed by atoms with E-state index in [1.54, 1.807) is 0 Å². The summed E-state index contributed by atoms with van der Waals surface area (Å²) >= 11 is 0. The summed E-state index contributed by atoms with van der Waals surface area (Å²) in [7, 11) is 0. The molecule has 13 heavy (non-hydrogen) atoms. The molecule has 0 aromatic rings. The maximum absolute atomic E-state index is 11.7. The van der Waals surface area contributed by atoms with Crippen molar-refractivity contribution in [2.75, 3.05) is 13.1 Å². The van der Waals surface area contributed by atoms with E-state index >= 15 is 0 Å². The molecular weight excluding hydrogens is 166 g/mol. The Bertz CT molecular complexity index is 223. The molecule has 2 rings (SSSR count). The van der Waals surface area contributed by atoms with Gasteiger partial charge in [-0.1, -0.05) is 6.42 Å². The second-order valence-electron chi connectivity index (χ2n) is 3.99. The highest BCUT2D eigenvalue weighted by molar-refractivity contribution is 5.84. The van der Waals surface area contributed by atoms with Crippen molar-refractivity contribution in [3.63, 3.8) is 0 Å². The van der Waals surface area contributed by atoms with Crippen molar-refractivity contribution in [2.24, 2.45) is 5.92 Å². The minimum Gasteiger partial charge on any atom is -0.342 e. The third-order valence-corrected chi connectivity index (χ3v) is 3.09. The van der Waals surface area contributed by atoms with Gasteiger partial charge in [-0.25, -0.2) is 0 Å². The Morgan fingerprint density at radius 1 is 1.23 bits per heavy atom. The molecule has 1 saturated heterocycles. The number of carbonyl (C=O) groups excluding carboxylic acids is 2. The van der Waals surface area contributed by atoms with E-state index in [-0.39, 0.29) is 5.92 Å². The predicted octanol–water partition coefficient (Wildman–Crippen LogP) is 0.978. The summed E-state index contributed by atoms with van der Waals surface area (Å²) in [5, 5.41) is 0. The number of ketones is 1. The summed E-state index contributed by atoms with van der Waals surface area (Å²) in [5.74, 6) is 0.879. The first-order valence-electron chi connectivity index (χ1n) is 5.08. The number of hydrogen-bond donors (Lipinski definition) is 0. The first-order valence-corrected chi connectivity index (χ1v) is 5.08. The fraction of sp³-hybridized carbons (Fsp3) is 0.800. The van der Waals surface area contributed by atoms with Crippen LogP contribution in [-0.2, 0) is 9.59 Å². The molecule has 0 atom stereocenters. The highest BCUT2D eigenvalue weighted by Crippen LogP contribution is 2.28. The summed E-state index contributed by atoms with van der Waals surface area (Å²) < 4.78 is 0. The Balaban J connectivity index is 1.86. The first-order chi connectivity index (χ1) is 6.27. The zero-order chi connectivity index (χ0) is 9.26. The maximum Gasteiger partial charge on any atom is 0.225 e. The van der Waals surface area contributed by atoms with Crippen molar-refractivity contribution in [3.05, 3.63) is 0 Å². The average molecular weight is 181 g/mol. The van der Waals surface area contributed by atoms with Crippen LogP contribution in [0.15, 0.2) is 0 Å². The van der Waals surface area contributed by atoms with Gasteiger partial charge in [0.25, 0.3) is 0 Å². The zero-order valence-electron chi connectivity index (χ0n) is 7.79. The molecule has 0 N–H and O–H groups in total. The van der Waals surface area contributed by atoms with Gasteiger partial charge in [-0.15, -0.1) is 0 Å². The van der Waals surface area contributed by atoms with E-state index in [0.29, 0.717) is 37.6 Å². The van der Waals surface area contributed by atoms with E-state index in [1.807, 2.05) is 4.90 Å². The molecular formula is C10H15NO2. The van der Waals surface area contributed by atoms with E-state index in [2.05, 4.69) is 0 Å². The number of amides is 1. The molecule has 0 unspecified atom stereocenters. The van der Waals surface area contributed by atoms with Gasteiger partial charge in [-0.05, 0) is 12.8 Å². The Morgan fingerprint density at radius 3 is 2.31 bits per heavy atom. The maximum atomic E-state index is 11.7. The minimum absolute atomic E-state index is 0.285. The van der Waals surface area contributed by atoms with Gasteiger partial charge < -0.3 is 4.90 Å². The van der Waals surface area contributed by atoms with E-state index in [9.17, 15) is 9.59 Å². The van der Waals surface area contributed by atoms with E-state index in [0.717, 1.165) is 12.8 Å². The predicted molar refractivity (Wildman–Crippen MR) is 48.2 cm³/mol. The van der Waals surface area contributed by atoms with Gasteiger partial charge in [0, 0.05) is 31.8 Å². The molecule has 0 radical (unpaired) electrons. The number of Topliss-reactive ketones (excluding diaryl/α,β-unsaturated/α-hetero) is 1. The van der Waals surface area contributed by atoms with Gasteiger partial charge >= 0.3 is 0 Å². The smallest absolute Gasteiger partial charge is 0.225 e. The molecule has 1 aliphatic carbocycles. The Labute approximate surface area is 78.1 Å². The van der Waals surface area contributed by atoms with Crippen LogP contribution in [0.4, 0.5) is 0 Å². The van der Waals surface area contributed by atoms with Gasteiger partial charge in [-0.2, -0.15) is 0 Å². The lowest BCUT2D eigenvalue weighted by atomic mass is 9.84. The number of carbonyl (C=O) groups is 2. The van der Waals surface area contributed by atoms with Crippen molar-refractivity contribution >= 4 is 11.7 Å². The summed E-state index contributed by atoms with van der Waals surface area (Å²) in [6, 6.07) is 0. The number of rotatable bonds is 1. The Hall–Kier alpha value is -0.860. The molecule has 0 aromatic heterocycles. The van der Waals surface area contributed by atoms with Crippen molar-refractivity contribution in [1.82, 2.24) is 4.90 Å². The fourth-order valence-corrected chi connectivity index (χ4v) is 1.89. The molecule has 0 aromatic carbocycles. The largest absolute Gasteiger partial charge is 0.342 e. The highest BCUT2D eigenvalue weighted by atomic mass is 16.2. The van der Waals surface area contributed by atoms with Crippen LogP contribution in [0.3, 0.4) is 0 Å². The van der Waals surface area contributed by atoms with Crippen molar-refractivity contribution in [2.45, 2.75) is 32.1 Å². The zero-order valence-corrected chi connectivity index (χ0v) is 7.79. The van der Waals surface area contributed by atoms with Crippen LogP contribution in [0, 0.1) is 5.92 Å². The molecule has 0 spiro atoms. The standard InChI is InChI=1S/C10H15NO2/c12-9-4-6-11(7-5-9)10(13)8-2-1-3-8/h8H,1-7H2. The first kappa shape index (κ1) is 8.73. The molecule has 1 saturated carbocycles. The SMILES string of the molecule is O=C1CCN(C(=O)C2CCC2)CC1. The van der Waals surface area contributed by atoms with E-state index in [4.69, 9.17) is 0 Å². The molecule has 0 bridgehead atoms. The topological polar surface area (TPSA) is 37.4 Å². The van der Waals surface area contributed by atoms with Gasteiger partial charge in [0.05, 0.1) is 0 Å². The summed E-state index contributed by atoms with van der Waals surface area (Å²) in [5.41, 5.74) is 0. The Morgan fingerprint density at radius 2 is 1.85 bits per heavy atom. The third kappa shape index (κ3) is 1.74. The monoisotopic (exact) mass is 181 g/mol. The lowest BCUT2D eigenvalue weighted by Gasteiger charge is -2.33. The third-order valence-electron chi connectivity index (χ3n) is 3.09. The molecule has 3 nitrogen and oxygen atoms in total. The molecule has 1 amide bonds. The Kier molecular flexibility index (Phi) is 2.34. The van der Waals surface area contributed by atoms with Gasteiger partial charge in [0.2, 0.25) is 5.91 Å². The number of piperidine rings is 1. The van der Waals surface area contributed by atoms with Crippen LogP contribution in [0.5, 0.6) is 0 Å². The van der Waals surface area contributed by atoms with Crippen LogP contribution in [0.1, 0.15) is 32.1 Å². The molecule has 1 heterocycles. The van der Waals surface area contributed by atoms with Crippen molar-refractivity contribution < 1.29 is 9.59 Å². The van der Waals surface area contributed by atoms with Crippen LogP contribution < -0.4 is 0 Å². The number of hydrogen-bond acceptors (Lipinski definition) is 2. The average Bonchev–Trinajstić information content (AvgIpc) is 2.02. The van der Waals surface area contributed by atoms with Crippen molar-refractivity contribution in [3.8, 4) is 0 Å². The second kappa shape index (κ2) is 3.48. The lowest BCUT2D eigenvalue weighted by molar-refractivity contribution is -0.140. The highest BCUT2D eigenvalue weighted by Gasteiger charge is 2.30. The van der Waals surface area contributed by atoms with Gasteiger partial charge in [-0.3, -0.25) is 9.59 Å². The minimum atomic E-state index is 0.285. The van der Waals surface area contributed by atoms with E-state index < -0.39 is 0 Å². The van der Waals surface area contributed by atoms with Crippen LogP contribution in [0.2, 0.25) is 0 Å². The number of likely N-dealkylation sites (tertiary alicyclic amines) is 1. The normalized spacial score (nSPS) is 24.3. The van der Waals surface area contributed by atoms with E-state index in [1.165, 1.54) is 6.42 Å². The molecule has 2 fully saturated rings. The lowest BCUT2D eigenvalue weighted by Crippen LogP contribution is -2.43. The van der Waals surface area contributed by atoms with Gasteiger partial charge in [0.1, 0.15) is 5.78 Å². The molecule has 2 aliphatic rings. The summed E-state index contributed by atoms with van der Waals surface area (Å²) in [6.45, 7) is 1.32. The number of nitrogens with zero attached hydrogens (tertiary/aromatic N) is 1. The second-order valence-corrected chi connectivity index (χ2v) is 3.99.